The predicted molar refractivity (Wildman–Crippen MR) is 77.6 cm³/mol. The Bertz CT molecular complexity index is 404. The summed E-state index contributed by atoms with van der Waals surface area (Å²) in [6.07, 6.45) is 1.17. The molecule has 0 bridgehead atoms. The summed E-state index contributed by atoms with van der Waals surface area (Å²) in [5.74, 6) is 0. The van der Waals surface area contributed by atoms with Crippen molar-refractivity contribution in [1.29, 1.82) is 0 Å². The van der Waals surface area contributed by atoms with Gasteiger partial charge in [-0.05, 0) is 42.1 Å². The molecule has 1 aromatic rings. The van der Waals surface area contributed by atoms with Gasteiger partial charge in [0.1, 0.15) is 0 Å². The zero-order valence-corrected chi connectivity index (χ0v) is 12.2. The fourth-order valence-corrected chi connectivity index (χ4v) is 2.81. The molecule has 0 saturated heterocycles. The molecule has 0 saturated carbocycles. The van der Waals surface area contributed by atoms with Crippen molar-refractivity contribution in [2.75, 3.05) is 20.1 Å². The number of nitrogens with one attached hydrogen (secondary N) is 1. The lowest BCUT2D eigenvalue weighted by Gasteiger charge is -2.27. The molecule has 100 valence electrons. The first-order valence-electron chi connectivity index (χ1n) is 6.94. The average molecular weight is 246 g/mol. The van der Waals surface area contributed by atoms with Gasteiger partial charge < -0.3 is 10.2 Å². The Morgan fingerprint density at radius 3 is 2.72 bits per heavy atom. The van der Waals surface area contributed by atoms with Crippen LogP contribution in [0, 0.1) is 5.41 Å². The molecule has 0 radical (unpaired) electrons. The number of fused-ring (bicyclic) bond motifs is 1. The number of rotatable bonds is 3. The first-order valence-corrected chi connectivity index (χ1v) is 6.94. The molecule has 1 N–H and O–H groups in total. The van der Waals surface area contributed by atoms with Crippen molar-refractivity contribution in [2.24, 2.45) is 5.41 Å². The highest BCUT2D eigenvalue weighted by atomic mass is 15.1. The van der Waals surface area contributed by atoms with Gasteiger partial charge in [-0.3, -0.25) is 0 Å². The van der Waals surface area contributed by atoms with Crippen molar-refractivity contribution in [3.8, 4) is 0 Å². The Kier molecular flexibility index (Phi) is 4.08. The van der Waals surface area contributed by atoms with Crippen LogP contribution in [0.25, 0.3) is 0 Å². The molecule has 1 heterocycles. The normalized spacial score (nSPS) is 15.8. The second kappa shape index (κ2) is 5.41. The first-order chi connectivity index (χ1) is 8.44. The van der Waals surface area contributed by atoms with E-state index in [1.165, 1.54) is 23.1 Å². The lowest BCUT2D eigenvalue weighted by molar-refractivity contribution is 0.221. The van der Waals surface area contributed by atoms with Crippen LogP contribution in [0.5, 0.6) is 0 Å². The molecule has 0 fully saturated rings. The van der Waals surface area contributed by atoms with E-state index in [-0.39, 0.29) is 0 Å². The zero-order valence-electron chi connectivity index (χ0n) is 12.2. The molecule has 1 aliphatic heterocycles. The van der Waals surface area contributed by atoms with Gasteiger partial charge in [0.2, 0.25) is 0 Å². The lowest BCUT2D eigenvalue weighted by atomic mass is 9.95. The predicted octanol–water partition coefficient (Wildman–Crippen LogP) is 2.81. The molecule has 2 heteroatoms. The van der Waals surface area contributed by atoms with E-state index in [2.05, 4.69) is 56.2 Å². The molecule has 1 aromatic carbocycles. The van der Waals surface area contributed by atoms with E-state index in [0.717, 1.165) is 26.2 Å². The number of nitrogens with zero attached hydrogens (tertiary/aromatic N) is 1. The van der Waals surface area contributed by atoms with Crippen LogP contribution in [0.15, 0.2) is 18.2 Å². The van der Waals surface area contributed by atoms with Gasteiger partial charge in [0, 0.05) is 19.6 Å². The molecule has 0 aliphatic carbocycles. The van der Waals surface area contributed by atoms with Crippen molar-refractivity contribution < 1.29 is 0 Å². The van der Waals surface area contributed by atoms with Gasteiger partial charge in [-0.1, -0.05) is 39.0 Å². The molecule has 0 unspecified atom stereocenters. The second-order valence-electron chi connectivity index (χ2n) is 6.76. The molecule has 1 aliphatic rings. The van der Waals surface area contributed by atoms with E-state index in [9.17, 15) is 0 Å². The topological polar surface area (TPSA) is 15.3 Å². The summed E-state index contributed by atoms with van der Waals surface area (Å²) in [5.41, 5.74) is 4.81. The fraction of sp³-hybridized carbons (Fsp3) is 0.625. The van der Waals surface area contributed by atoms with Gasteiger partial charge in [0.15, 0.2) is 0 Å². The van der Waals surface area contributed by atoms with E-state index < -0.39 is 0 Å². The van der Waals surface area contributed by atoms with Crippen molar-refractivity contribution in [2.45, 2.75) is 40.3 Å². The molecule has 0 spiro atoms. The maximum Gasteiger partial charge on any atom is 0.0231 e. The van der Waals surface area contributed by atoms with Crippen LogP contribution >= 0.6 is 0 Å². The third-order valence-corrected chi connectivity index (χ3v) is 3.35. The van der Waals surface area contributed by atoms with Gasteiger partial charge in [-0.25, -0.2) is 0 Å². The number of benzene rings is 1. The van der Waals surface area contributed by atoms with Crippen LogP contribution in [0.3, 0.4) is 0 Å². The van der Waals surface area contributed by atoms with E-state index in [1.54, 1.807) is 0 Å². The summed E-state index contributed by atoms with van der Waals surface area (Å²) in [6, 6.07) is 6.99. The van der Waals surface area contributed by atoms with Crippen molar-refractivity contribution in [3.05, 3.63) is 34.9 Å². The van der Waals surface area contributed by atoms with Crippen molar-refractivity contribution >= 4 is 0 Å². The minimum atomic E-state index is 0.366. The first kappa shape index (κ1) is 13.6. The summed E-state index contributed by atoms with van der Waals surface area (Å²) >= 11 is 0. The van der Waals surface area contributed by atoms with E-state index in [1.807, 2.05) is 0 Å². The van der Waals surface area contributed by atoms with Crippen LogP contribution in [0.4, 0.5) is 0 Å². The SMILES string of the molecule is CN(Cc1ccc2c(c1)CNCC2)CC(C)(C)C. The van der Waals surface area contributed by atoms with Gasteiger partial charge in [-0.15, -0.1) is 0 Å². The molecular formula is C16H26N2. The molecule has 2 nitrogen and oxygen atoms in total. The highest BCUT2D eigenvalue weighted by Gasteiger charge is 2.14. The Balaban J connectivity index is 2.01. The monoisotopic (exact) mass is 246 g/mol. The Labute approximate surface area is 111 Å². The van der Waals surface area contributed by atoms with E-state index in [4.69, 9.17) is 0 Å². The average Bonchev–Trinajstić information content (AvgIpc) is 2.26. The van der Waals surface area contributed by atoms with Gasteiger partial charge >= 0.3 is 0 Å². The minimum absolute atomic E-state index is 0.366. The summed E-state index contributed by atoms with van der Waals surface area (Å²) < 4.78 is 0. The third kappa shape index (κ3) is 3.82. The molecule has 0 aromatic heterocycles. The van der Waals surface area contributed by atoms with Gasteiger partial charge in [0.25, 0.3) is 0 Å². The smallest absolute Gasteiger partial charge is 0.0231 e. The Morgan fingerprint density at radius 2 is 2.00 bits per heavy atom. The van der Waals surface area contributed by atoms with Crippen LogP contribution < -0.4 is 5.32 Å². The quantitative estimate of drug-likeness (QED) is 0.882. The molecule has 0 amide bonds. The molecular weight excluding hydrogens is 220 g/mol. The molecule has 18 heavy (non-hydrogen) atoms. The Morgan fingerprint density at radius 1 is 1.22 bits per heavy atom. The lowest BCUT2D eigenvalue weighted by Crippen LogP contribution is -2.29. The number of hydrogen-bond donors (Lipinski definition) is 1. The van der Waals surface area contributed by atoms with Gasteiger partial charge in [-0.2, -0.15) is 0 Å². The highest BCUT2D eigenvalue weighted by molar-refractivity contribution is 5.33. The summed E-state index contributed by atoms with van der Waals surface area (Å²) in [4.78, 5) is 2.41. The Hall–Kier alpha value is -0.860. The van der Waals surface area contributed by atoms with Crippen molar-refractivity contribution in [3.63, 3.8) is 0 Å². The largest absolute Gasteiger partial charge is 0.312 e. The fourth-order valence-electron chi connectivity index (χ4n) is 2.81. The second-order valence-corrected chi connectivity index (χ2v) is 6.76. The van der Waals surface area contributed by atoms with Crippen LogP contribution in [0.2, 0.25) is 0 Å². The highest BCUT2D eigenvalue weighted by Crippen LogP contribution is 2.19. The zero-order chi connectivity index (χ0) is 13.2. The van der Waals surface area contributed by atoms with E-state index >= 15 is 0 Å². The maximum atomic E-state index is 3.45. The minimum Gasteiger partial charge on any atom is -0.312 e. The summed E-state index contributed by atoms with van der Waals surface area (Å²) in [7, 11) is 2.21. The van der Waals surface area contributed by atoms with Crippen LogP contribution in [-0.2, 0) is 19.5 Å². The summed E-state index contributed by atoms with van der Waals surface area (Å²) in [6.45, 7) is 11.2. The molecule has 2 rings (SSSR count). The number of hydrogen-bond acceptors (Lipinski definition) is 2. The summed E-state index contributed by atoms with van der Waals surface area (Å²) in [5, 5.41) is 3.45. The van der Waals surface area contributed by atoms with Gasteiger partial charge in [0.05, 0.1) is 0 Å². The van der Waals surface area contributed by atoms with Crippen molar-refractivity contribution in [1.82, 2.24) is 10.2 Å². The third-order valence-electron chi connectivity index (χ3n) is 3.35. The van der Waals surface area contributed by atoms with E-state index in [0.29, 0.717) is 5.41 Å². The van der Waals surface area contributed by atoms with Crippen LogP contribution in [-0.4, -0.2) is 25.0 Å². The van der Waals surface area contributed by atoms with Crippen LogP contribution in [0.1, 0.15) is 37.5 Å². The standard InChI is InChI=1S/C16H26N2/c1-16(2,3)12-18(4)11-13-5-6-14-7-8-17-10-15(14)9-13/h5-6,9,17H,7-8,10-12H2,1-4H3. The maximum absolute atomic E-state index is 3.45. The molecule has 0 atom stereocenters.